The lowest BCUT2D eigenvalue weighted by Crippen LogP contribution is -2.26. The Morgan fingerprint density at radius 3 is 2.58 bits per heavy atom. The van der Waals surface area contributed by atoms with Crippen LogP contribution in [0.15, 0.2) is 41.8 Å². The molecule has 0 radical (unpaired) electrons. The van der Waals surface area contributed by atoms with E-state index in [0.29, 0.717) is 9.72 Å². The molecule has 0 aliphatic carbocycles. The zero-order valence-corrected chi connectivity index (χ0v) is 13.6. The molecule has 8 heteroatoms. The lowest BCUT2D eigenvalue weighted by molar-refractivity contribution is -0.141. The number of carbonyl (C=O) groups is 1. The van der Waals surface area contributed by atoms with Gasteiger partial charge in [-0.15, -0.1) is 11.3 Å². The van der Waals surface area contributed by atoms with Gasteiger partial charge in [0.2, 0.25) is 0 Å². The number of pyridine rings is 1. The normalized spacial score (nSPS) is 11.7. The first-order chi connectivity index (χ1) is 11.3. The number of aromatic nitrogens is 1. The van der Waals surface area contributed by atoms with Crippen molar-refractivity contribution in [3.8, 4) is 0 Å². The molecule has 24 heavy (non-hydrogen) atoms. The number of carbonyl (C=O) groups excluding carboxylic acids is 1. The summed E-state index contributed by atoms with van der Waals surface area (Å²) in [7, 11) is 0. The fraction of sp³-hybridized carbons (Fsp3) is 0.125. The highest BCUT2D eigenvalue weighted by atomic mass is 35.5. The fourth-order valence-electron chi connectivity index (χ4n) is 2.16. The first-order valence-electron chi connectivity index (χ1n) is 6.82. The third-order valence-corrected chi connectivity index (χ3v) is 4.42. The van der Waals surface area contributed by atoms with E-state index in [-0.39, 0.29) is 12.1 Å². The largest absolute Gasteiger partial charge is 0.434 e. The first-order valence-corrected chi connectivity index (χ1v) is 8.08. The van der Waals surface area contributed by atoms with Gasteiger partial charge in [0.15, 0.2) is 5.69 Å². The summed E-state index contributed by atoms with van der Waals surface area (Å²) < 4.78 is 40.1. The Hall–Kier alpha value is -2.12. The number of thiophene rings is 1. The Morgan fingerprint density at radius 2 is 1.92 bits per heavy atom. The van der Waals surface area contributed by atoms with E-state index >= 15 is 0 Å². The van der Waals surface area contributed by atoms with Gasteiger partial charge in [-0.2, -0.15) is 13.2 Å². The summed E-state index contributed by atoms with van der Waals surface area (Å²) in [5, 5.41) is 4.66. The Kier molecular flexibility index (Phi) is 4.47. The van der Waals surface area contributed by atoms with Crippen LogP contribution in [0.4, 0.5) is 13.2 Å². The van der Waals surface area contributed by atoms with Gasteiger partial charge in [-0.3, -0.25) is 4.79 Å². The number of hydrogen-bond donors (Lipinski definition) is 1. The van der Waals surface area contributed by atoms with Crippen LogP contribution in [0.3, 0.4) is 0 Å². The minimum atomic E-state index is -4.71. The summed E-state index contributed by atoms with van der Waals surface area (Å²) in [4.78, 5) is 15.8. The number of rotatable bonds is 3. The molecule has 1 amide bonds. The number of nitrogens with zero attached hydrogens (tertiary/aromatic N) is 1. The average Bonchev–Trinajstić information content (AvgIpc) is 2.99. The molecular formula is C16H10ClF3N2OS. The third-order valence-electron chi connectivity index (χ3n) is 3.32. The lowest BCUT2D eigenvalue weighted by atomic mass is 10.1. The van der Waals surface area contributed by atoms with E-state index in [1.54, 1.807) is 29.6 Å². The van der Waals surface area contributed by atoms with Crippen molar-refractivity contribution in [1.82, 2.24) is 10.3 Å². The molecule has 3 aromatic rings. The summed E-state index contributed by atoms with van der Waals surface area (Å²) in [5.41, 5.74) is -0.707. The molecule has 0 aliphatic rings. The van der Waals surface area contributed by atoms with Gasteiger partial charge in [0, 0.05) is 11.6 Å². The second kappa shape index (κ2) is 6.41. The zero-order chi connectivity index (χ0) is 17.3. The molecule has 0 atom stereocenters. The summed E-state index contributed by atoms with van der Waals surface area (Å²) in [6.45, 7) is 0.0930. The van der Waals surface area contributed by atoms with E-state index in [4.69, 9.17) is 11.6 Å². The van der Waals surface area contributed by atoms with Crippen LogP contribution < -0.4 is 5.32 Å². The molecule has 0 aliphatic heterocycles. The third kappa shape index (κ3) is 3.52. The predicted molar refractivity (Wildman–Crippen MR) is 87.2 cm³/mol. The SMILES string of the molecule is O=C(NCc1ccc(Cl)cc1)c1cc2sccc2nc1C(F)(F)F. The van der Waals surface area contributed by atoms with Crippen LogP contribution >= 0.6 is 22.9 Å². The van der Waals surface area contributed by atoms with E-state index < -0.39 is 23.3 Å². The van der Waals surface area contributed by atoms with Crippen LogP contribution in [0.25, 0.3) is 10.2 Å². The molecule has 2 aromatic heterocycles. The number of alkyl halides is 3. The van der Waals surface area contributed by atoms with Crippen LogP contribution in [0, 0.1) is 0 Å². The van der Waals surface area contributed by atoms with Gasteiger partial charge >= 0.3 is 6.18 Å². The monoisotopic (exact) mass is 370 g/mol. The Balaban J connectivity index is 1.89. The Bertz CT molecular complexity index is 890. The number of halogens is 4. The molecular weight excluding hydrogens is 361 g/mol. The quantitative estimate of drug-likeness (QED) is 0.712. The number of benzene rings is 1. The second-order valence-corrected chi connectivity index (χ2v) is 6.38. The van der Waals surface area contributed by atoms with Gasteiger partial charge in [-0.25, -0.2) is 4.98 Å². The maximum absolute atomic E-state index is 13.2. The van der Waals surface area contributed by atoms with Gasteiger partial charge in [-0.05, 0) is 35.2 Å². The van der Waals surface area contributed by atoms with Crippen LogP contribution in [0.1, 0.15) is 21.6 Å². The van der Waals surface area contributed by atoms with Crippen molar-refractivity contribution in [2.75, 3.05) is 0 Å². The van der Waals surface area contributed by atoms with Crippen LogP contribution in [0.5, 0.6) is 0 Å². The molecule has 0 bridgehead atoms. The van der Waals surface area contributed by atoms with Crippen LogP contribution in [-0.2, 0) is 12.7 Å². The number of fused-ring (bicyclic) bond motifs is 1. The van der Waals surface area contributed by atoms with Gasteiger partial charge < -0.3 is 5.32 Å². The van der Waals surface area contributed by atoms with E-state index in [1.165, 1.54) is 23.5 Å². The second-order valence-electron chi connectivity index (χ2n) is 5.00. The van der Waals surface area contributed by atoms with E-state index in [0.717, 1.165) is 5.56 Å². The molecule has 124 valence electrons. The standard InChI is InChI=1S/C16H10ClF3N2OS/c17-10-3-1-9(2-4-10)8-21-15(23)11-7-13-12(5-6-24-13)22-14(11)16(18,19)20/h1-7H,8H2,(H,21,23). The molecule has 2 heterocycles. The smallest absolute Gasteiger partial charge is 0.348 e. The van der Waals surface area contributed by atoms with Crippen molar-refractivity contribution >= 4 is 39.1 Å². The minimum Gasteiger partial charge on any atom is -0.348 e. The molecule has 3 rings (SSSR count). The molecule has 0 spiro atoms. The van der Waals surface area contributed by atoms with Gasteiger partial charge in [0.25, 0.3) is 5.91 Å². The van der Waals surface area contributed by atoms with Crippen molar-refractivity contribution < 1.29 is 18.0 Å². The van der Waals surface area contributed by atoms with Gasteiger partial charge in [0.05, 0.1) is 15.8 Å². The van der Waals surface area contributed by atoms with Gasteiger partial charge in [-0.1, -0.05) is 23.7 Å². The van der Waals surface area contributed by atoms with Crippen molar-refractivity contribution in [3.63, 3.8) is 0 Å². The van der Waals surface area contributed by atoms with Crippen molar-refractivity contribution in [2.45, 2.75) is 12.7 Å². The molecule has 0 saturated heterocycles. The highest BCUT2D eigenvalue weighted by Crippen LogP contribution is 2.33. The maximum Gasteiger partial charge on any atom is 0.434 e. The van der Waals surface area contributed by atoms with Gasteiger partial charge in [0.1, 0.15) is 0 Å². The first kappa shape index (κ1) is 16.7. The highest BCUT2D eigenvalue weighted by molar-refractivity contribution is 7.17. The topological polar surface area (TPSA) is 42.0 Å². The van der Waals surface area contributed by atoms with E-state index in [9.17, 15) is 18.0 Å². The highest BCUT2D eigenvalue weighted by Gasteiger charge is 2.37. The maximum atomic E-state index is 13.2. The predicted octanol–water partition coefficient (Wildman–Crippen LogP) is 4.90. The molecule has 0 unspecified atom stereocenters. The van der Waals surface area contributed by atoms with Crippen LogP contribution in [0.2, 0.25) is 5.02 Å². The number of amides is 1. The zero-order valence-electron chi connectivity index (χ0n) is 12.0. The summed E-state index contributed by atoms with van der Waals surface area (Å²) in [6, 6.07) is 9.38. The number of nitrogens with one attached hydrogen (secondary N) is 1. The van der Waals surface area contributed by atoms with Crippen molar-refractivity contribution in [3.05, 3.63) is 63.6 Å². The van der Waals surface area contributed by atoms with Crippen molar-refractivity contribution in [2.24, 2.45) is 0 Å². The molecule has 3 nitrogen and oxygen atoms in total. The number of hydrogen-bond acceptors (Lipinski definition) is 3. The van der Waals surface area contributed by atoms with Crippen LogP contribution in [-0.4, -0.2) is 10.9 Å². The molecule has 0 saturated carbocycles. The fourth-order valence-corrected chi connectivity index (χ4v) is 3.05. The Morgan fingerprint density at radius 1 is 1.21 bits per heavy atom. The van der Waals surface area contributed by atoms with E-state index in [2.05, 4.69) is 10.3 Å². The molecule has 1 aromatic carbocycles. The molecule has 0 fully saturated rings. The van der Waals surface area contributed by atoms with E-state index in [1.807, 2.05) is 0 Å². The van der Waals surface area contributed by atoms with Crippen molar-refractivity contribution in [1.29, 1.82) is 0 Å². The summed E-state index contributed by atoms with van der Waals surface area (Å²) >= 11 is 7.00. The summed E-state index contributed by atoms with van der Waals surface area (Å²) in [5.74, 6) is -0.819. The minimum absolute atomic E-state index is 0.0930. The average molecular weight is 371 g/mol. The molecule has 1 N–H and O–H groups in total. The summed E-state index contributed by atoms with van der Waals surface area (Å²) in [6.07, 6.45) is -4.71. The lowest BCUT2D eigenvalue weighted by Gasteiger charge is -2.12. The Labute approximate surface area is 144 Å².